The van der Waals surface area contributed by atoms with Crippen LogP contribution in [0.5, 0.6) is 5.75 Å². The fraction of sp³-hybridized carbons (Fsp3) is 0.176. The van der Waals surface area contributed by atoms with Gasteiger partial charge < -0.3 is 4.74 Å². The molecule has 112 valence electrons. The number of nitrogens with zero attached hydrogens (tertiary/aromatic N) is 2. The van der Waals surface area contributed by atoms with Gasteiger partial charge in [-0.05, 0) is 34.9 Å². The molecule has 2 aromatic rings. The molecular weight excluding hydrogens is 296 g/mol. The van der Waals surface area contributed by atoms with E-state index in [0.717, 1.165) is 22.1 Å². The van der Waals surface area contributed by atoms with Crippen molar-refractivity contribution in [2.45, 2.75) is 0 Å². The van der Waals surface area contributed by atoms with Crippen LogP contribution in [0.1, 0.15) is 5.56 Å². The summed E-state index contributed by atoms with van der Waals surface area (Å²) in [7, 11) is 5.09. The number of hydrogen-bond donors (Lipinski definition) is 0. The molecule has 0 saturated carbocycles. The summed E-state index contributed by atoms with van der Waals surface area (Å²) in [6, 6.07) is 11.9. The molecule has 2 aromatic carbocycles. The van der Waals surface area contributed by atoms with Crippen molar-refractivity contribution in [3.63, 3.8) is 0 Å². The second-order valence-electron chi connectivity index (χ2n) is 4.88. The van der Waals surface area contributed by atoms with Crippen LogP contribution >= 0.6 is 11.8 Å². The molecule has 0 unspecified atom stereocenters. The van der Waals surface area contributed by atoms with Crippen LogP contribution in [0.25, 0.3) is 16.8 Å². The number of hydrogen-bond acceptors (Lipinski definition) is 4. The van der Waals surface area contributed by atoms with Gasteiger partial charge in [-0.15, -0.1) is 0 Å². The smallest absolute Gasteiger partial charge is 0.266 e. The van der Waals surface area contributed by atoms with Gasteiger partial charge in [-0.2, -0.15) is 0 Å². The molecule has 0 aromatic heterocycles. The number of likely N-dealkylation sites (N-methyl/N-ethyl adjacent to an activating group) is 1. The van der Waals surface area contributed by atoms with Gasteiger partial charge in [0.05, 0.1) is 12.0 Å². The maximum absolute atomic E-state index is 12.3. The van der Waals surface area contributed by atoms with Crippen molar-refractivity contribution in [2.75, 3.05) is 21.2 Å². The van der Waals surface area contributed by atoms with Crippen LogP contribution in [0.15, 0.2) is 46.3 Å². The van der Waals surface area contributed by atoms with E-state index in [1.54, 1.807) is 26.1 Å². The Labute approximate surface area is 133 Å². The van der Waals surface area contributed by atoms with E-state index in [4.69, 9.17) is 4.74 Å². The van der Waals surface area contributed by atoms with Crippen molar-refractivity contribution < 1.29 is 9.53 Å². The Morgan fingerprint density at radius 1 is 1.18 bits per heavy atom. The summed E-state index contributed by atoms with van der Waals surface area (Å²) >= 11 is 1.40. The minimum absolute atomic E-state index is 0.0227. The van der Waals surface area contributed by atoms with E-state index >= 15 is 0 Å². The van der Waals surface area contributed by atoms with E-state index in [-0.39, 0.29) is 5.91 Å². The highest BCUT2D eigenvalue weighted by Gasteiger charge is 2.29. The van der Waals surface area contributed by atoms with E-state index in [9.17, 15) is 4.79 Å². The van der Waals surface area contributed by atoms with Crippen LogP contribution in [-0.4, -0.2) is 37.2 Å². The molecule has 0 bridgehead atoms. The molecular formula is C17H16N2O2S. The van der Waals surface area contributed by atoms with E-state index in [1.165, 1.54) is 11.8 Å². The number of carbonyl (C=O) groups excluding carboxylic acids is 1. The molecule has 1 saturated heterocycles. The van der Waals surface area contributed by atoms with E-state index in [2.05, 4.69) is 4.99 Å². The van der Waals surface area contributed by atoms with Crippen molar-refractivity contribution in [2.24, 2.45) is 4.99 Å². The first-order chi connectivity index (χ1) is 10.7. The molecule has 1 amide bonds. The zero-order chi connectivity index (χ0) is 15.7. The Balaban J connectivity index is 2.13. The Bertz CT molecular complexity index is 811. The first kappa shape index (κ1) is 14.7. The number of carbonyl (C=O) groups is 1. The largest absolute Gasteiger partial charge is 0.496 e. The lowest BCUT2D eigenvalue weighted by Gasteiger charge is -2.08. The summed E-state index contributed by atoms with van der Waals surface area (Å²) in [5, 5.41) is 2.81. The Hall–Kier alpha value is -2.27. The van der Waals surface area contributed by atoms with Crippen LogP contribution in [0.4, 0.5) is 0 Å². The summed E-state index contributed by atoms with van der Waals surface area (Å²) in [5.41, 5.74) is 0.998. The average Bonchev–Trinajstić information content (AvgIpc) is 2.83. The second kappa shape index (κ2) is 5.85. The van der Waals surface area contributed by atoms with Gasteiger partial charge in [-0.25, -0.2) is 0 Å². The van der Waals surface area contributed by atoms with E-state index < -0.39 is 0 Å². The molecule has 1 fully saturated rings. The van der Waals surface area contributed by atoms with Crippen LogP contribution in [0.2, 0.25) is 0 Å². The molecule has 1 aliphatic rings. The monoisotopic (exact) mass is 312 g/mol. The topological polar surface area (TPSA) is 41.9 Å². The number of ether oxygens (including phenoxy) is 1. The highest BCUT2D eigenvalue weighted by molar-refractivity contribution is 8.18. The Morgan fingerprint density at radius 3 is 2.55 bits per heavy atom. The van der Waals surface area contributed by atoms with Crippen LogP contribution < -0.4 is 4.74 Å². The summed E-state index contributed by atoms with van der Waals surface area (Å²) in [6.45, 7) is 0. The van der Waals surface area contributed by atoms with Crippen molar-refractivity contribution in [1.82, 2.24) is 4.90 Å². The highest BCUT2D eigenvalue weighted by atomic mass is 32.2. The molecule has 0 radical (unpaired) electrons. The Morgan fingerprint density at radius 2 is 1.91 bits per heavy atom. The lowest BCUT2D eigenvalue weighted by atomic mass is 10.0. The third-order valence-electron chi connectivity index (χ3n) is 3.62. The lowest BCUT2D eigenvalue weighted by Crippen LogP contribution is -2.23. The third-order valence-corrected chi connectivity index (χ3v) is 4.77. The maximum Gasteiger partial charge on any atom is 0.266 e. The number of aliphatic imine (C=N–C) groups is 1. The van der Waals surface area contributed by atoms with Crippen molar-refractivity contribution >= 4 is 39.7 Å². The first-order valence-corrected chi connectivity index (χ1v) is 7.67. The van der Waals surface area contributed by atoms with Crippen molar-refractivity contribution in [3.05, 3.63) is 46.9 Å². The number of amidine groups is 1. The number of benzene rings is 2. The van der Waals surface area contributed by atoms with Gasteiger partial charge in [-0.3, -0.25) is 14.7 Å². The van der Waals surface area contributed by atoms with Gasteiger partial charge >= 0.3 is 0 Å². The third kappa shape index (κ3) is 2.37. The molecule has 0 atom stereocenters. The fourth-order valence-corrected chi connectivity index (χ4v) is 3.41. The standard InChI is InChI=1S/C17H16N2O2S/c1-18-17-19(2)16(20)15(22-17)10-11-8-9-14(21-3)13-7-5-4-6-12(11)13/h4-10H,1-3H3/b15-10+,18-17?. The Kier molecular flexibility index (Phi) is 3.90. The summed E-state index contributed by atoms with van der Waals surface area (Å²) in [4.78, 5) is 18.6. The van der Waals surface area contributed by atoms with Gasteiger partial charge in [0.25, 0.3) is 5.91 Å². The SMILES string of the molecule is CN=C1S/C(=C/c2ccc(OC)c3ccccc23)C(=O)N1C. The van der Waals surface area contributed by atoms with Crippen LogP contribution in [0.3, 0.4) is 0 Å². The zero-order valence-corrected chi connectivity index (χ0v) is 13.5. The molecule has 0 aliphatic carbocycles. The number of thioether (sulfide) groups is 1. The summed E-state index contributed by atoms with van der Waals surface area (Å²) < 4.78 is 5.40. The molecule has 22 heavy (non-hydrogen) atoms. The highest BCUT2D eigenvalue weighted by Crippen LogP contribution is 2.34. The van der Waals surface area contributed by atoms with E-state index in [0.29, 0.717) is 10.1 Å². The minimum atomic E-state index is -0.0227. The lowest BCUT2D eigenvalue weighted by molar-refractivity contribution is -0.121. The molecule has 1 aliphatic heterocycles. The summed E-state index contributed by atoms with van der Waals surface area (Å²) in [5.74, 6) is 0.807. The average molecular weight is 312 g/mol. The number of amides is 1. The van der Waals surface area contributed by atoms with Gasteiger partial charge in [0.1, 0.15) is 5.75 Å². The molecule has 1 heterocycles. The van der Waals surface area contributed by atoms with Gasteiger partial charge in [0, 0.05) is 19.5 Å². The number of fused-ring (bicyclic) bond motifs is 1. The maximum atomic E-state index is 12.3. The second-order valence-corrected chi connectivity index (χ2v) is 5.89. The van der Waals surface area contributed by atoms with Crippen molar-refractivity contribution in [3.8, 4) is 5.75 Å². The molecule has 4 nitrogen and oxygen atoms in total. The molecule has 0 N–H and O–H groups in total. The zero-order valence-electron chi connectivity index (χ0n) is 12.7. The van der Waals surface area contributed by atoms with Crippen molar-refractivity contribution in [1.29, 1.82) is 0 Å². The molecule has 5 heteroatoms. The van der Waals surface area contributed by atoms with Gasteiger partial charge in [-0.1, -0.05) is 30.3 Å². The number of rotatable bonds is 2. The minimum Gasteiger partial charge on any atom is -0.496 e. The molecule has 0 spiro atoms. The quantitative estimate of drug-likeness (QED) is 0.798. The van der Waals surface area contributed by atoms with Gasteiger partial charge in [0.15, 0.2) is 5.17 Å². The number of methoxy groups -OCH3 is 1. The normalized spacial score (nSPS) is 18.7. The van der Waals surface area contributed by atoms with E-state index in [1.807, 2.05) is 42.5 Å². The fourth-order valence-electron chi connectivity index (χ4n) is 2.49. The predicted octanol–water partition coefficient (Wildman–Crippen LogP) is 3.38. The van der Waals surface area contributed by atoms with Gasteiger partial charge in [0.2, 0.25) is 0 Å². The molecule has 3 rings (SSSR count). The first-order valence-electron chi connectivity index (χ1n) is 6.86. The van der Waals surface area contributed by atoms with Crippen LogP contribution in [0, 0.1) is 0 Å². The van der Waals surface area contributed by atoms with Crippen LogP contribution in [-0.2, 0) is 4.79 Å². The predicted molar refractivity (Wildman–Crippen MR) is 92.2 cm³/mol. The summed E-state index contributed by atoms with van der Waals surface area (Å²) in [6.07, 6.45) is 1.92.